The number of ether oxygens (including phenoxy) is 2. The van der Waals surface area contributed by atoms with Crippen LogP contribution in [0.3, 0.4) is 0 Å². The van der Waals surface area contributed by atoms with E-state index in [1.54, 1.807) is 49.0 Å². The molecule has 13 heteroatoms. The van der Waals surface area contributed by atoms with E-state index in [4.69, 9.17) is 21.1 Å². The third-order valence-electron chi connectivity index (χ3n) is 5.79. The molecular formula is C23H24ClN7O4S. The number of sulfone groups is 1. The van der Waals surface area contributed by atoms with Gasteiger partial charge in [-0.25, -0.2) is 23.4 Å². The van der Waals surface area contributed by atoms with Crippen molar-refractivity contribution in [2.24, 2.45) is 0 Å². The largest absolute Gasteiger partial charge is 0.494 e. The normalized spacial score (nSPS) is 13.2. The lowest BCUT2D eigenvalue weighted by Gasteiger charge is -2.20. The summed E-state index contributed by atoms with van der Waals surface area (Å²) in [5.74, 6) is 0.609. The molecule has 0 N–H and O–H groups in total. The van der Waals surface area contributed by atoms with Crippen molar-refractivity contribution in [2.45, 2.75) is 30.8 Å². The summed E-state index contributed by atoms with van der Waals surface area (Å²) in [5, 5.41) is 8.09. The fourth-order valence-corrected chi connectivity index (χ4v) is 5.31. The van der Waals surface area contributed by atoms with Crippen molar-refractivity contribution in [1.29, 1.82) is 0 Å². The highest BCUT2D eigenvalue weighted by atomic mass is 35.5. The van der Waals surface area contributed by atoms with E-state index >= 15 is 0 Å². The van der Waals surface area contributed by atoms with E-state index in [0.29, 0.717) is 33.7 Å². The van der Waals surface area contributed by atoms with Gasteiger partial charge in [0.1, 0.15) is 17.3 Å². The standard InChI is InChI=1S/C23H24ClN7O4S/c1-14(21-27-11-17(24)12-28-21)15(2)36(32,33)13-19-29-30-22(16-6-5-8-25-10-16)31(19)20-18(34-3)7-9-26-23(20)35-4/h5-12,14-15H,13H2,1-4H3/t14-,15-/m0/s1. The summed E-state index contributed by atoms with van der Waals surface area (Å²) < 4.78 is 39.7. The molecule has 0 bridgehead atoms. The highest BCUT2D eigenvalue weighted by molar-refractivity contribution is 7.91. The lowest BCUT2D eigenvalue weighted by molar-refractivity contribution is 0.379. The molecule has 0 radical (unpaired) electrons. The molecule has 0 aliphatic carbocycles. The first-order valence-corrected chi connectivity index (χ1v) is 13.0. The Balaban J connectivity index is 1.81. The van der Waals surface area contributed by atoms with E-state index in [2.05, 4.69) is 30.1 Å². The molecule has 0 saturated carbocycles. The minimum Gasteiger partial charge on any atom is -0.494 e. The van der Waals surface area contributed by atoms with E-state index in [9.17, 15) is 8.42 Å². The zero-order chi connectivity index (χ0) is 25.9. The molecule has 4 aromatic heterocycles. The van der Waals surface area contributed by atoms with E-state index in [0.717, 1.165) is 0 Å². The fraction of sp³-hybridized carbons (Fsp3) is 0.304. The Kier molecular flexibility index (Phi) is 7.45. The second kappa shape index (κ2) is 10.5. The summed E-state index contributed by atoms with van der Waals surface area (Å²) in [6.45, 7) is 3.37. The van der Waals surface area contributed by atoms with Gasteiger partial charge in [0.25, 0.3) is 0 Å². The number of halogens is 1. The molecule has 2 atom stereocenters. The minimum absolute atomic E-state index is 0.162. The number of hydrogen-bond acceptors (Lipinski definition) is 10. The Morgan fingerprint density at radius 3 is 2.39 bits per heavy atom. The summed E-state index contributed by atoms with van der Waals surface area (Å²) in [4.78, 5) is 16.8. The summed E-state index contributed by atoms with van der Waals surface area (Å²) >= 11 is 5.88. The molecule has 36 heavy (non-hydrogen) atoms. The third kappa shape index (κ3) is 5.00. The van der Waals surface area contributed by atoms with Gasteiger partial charge in [-0.1, -0.05) is 18.5 Å². The molecule has 188 valence electrons. The van der Waals surface area contributed by atoms with Crippen LogP contribution in [0.2, 0.25) is 5.02 Å². The van der Waals surface area contributed by atoms with Crippen LogP contribution in [0.15, 0.2) is 49.2 Å². The van der Waals surface area contributed by atoms with Crippen molar-refractivity contribution in [1.82, 2.24) is 34.7 Å². The van der Waals surface area contributed by atoms with Crippen LogP contribution >= 0.6 is 11.6 Å². The fourth-order valence-electron chi connectivity index (χ4n) is 3.65. The second-order valence-corrected chi connectivity index (χ2v) is 10.7. The van der Waals surface area contributed by atoms with E-state index in [-0.39, 0.29) is 11.7 Å². The van der Waals surface area contributed by atoms with Gasteiger partial charge in [0, 0.05) is 48.5 Å². The maximum Gasteiger partial charge on any atom is 0.242 e. The molecule has 0 unspecified atom stereocenters. The van der Waals surface area contributed by atoms with Crippen molar-refractivity contribution < 1.29 is 17.9 Å². The van der Waals surface area contributed by atoms with Crippen LogP contribution < -0.4 is 9.47 Å². The summed E-state index contributed by atoms with van der Waals surface area (Å²) in [5.41, 5.74) is 0.996. The number of pyridine rings is 2. The molecular weight excluding hydrogens is 506 g/mol. The van der Waals surface area contributed by atoms with Crippen molar-refractivity contribution in [3.8, 4) is 28.7 Å². The Bertz CT molecular complexity index is 1430. The van der Waals surface area contributed by atoms with E-state index in [1.807, 2.05) is 0 Å². The molecule has 0 spiro atoms. The Hall–Kier alpha value is -3.64. The predicted molar refractivity (Wildman–Crippen MR) is 133 cm³/mol. The smallest absolute Gasteiger partial charge is 0.242 e. The number of nitrogens with zero attached hydrogens (tertiary/aromatic N) is 7. The van der Waals surface area contributed by atoms with Crippen LogP contribution in [-0.4, -0.2) is 62.6 Å². The van der Waals surface area contributed by atoms with Crippen LogP contribution in [0.4, 0.5) is 0 Å². The quantitative estimate of drug-likeness (QED) is 0.317. The predicted octanol–water partition coefficient (Wildman–Crippen LogP) is 3.29. The monoisotopic (exact) mass is 529 g/mol. The van der Waals surface area contributed by atoms with E-state index in [1.165, 1.54) is 32.8 Å². The maximum atomic E-state index is 13.6. The van der Waals surface area contributed by atoms with Gasteiger partial charge in [-0.2, -0.15) is 0 Å². The lowest BCUT2D eigenvalue weighted by atomic mass is 10.1. The lowest BCUT2D eigenvalue weighted by Crippen LogP contribution is -2.27. The molecule has 0 aromatic carbocycles. The number of rotatable bonds is 9. The molecule has 4 heterocycles. The van der Waals surface area contributed by atoms with Gasteiger partial charge >= 0.3 is 0 Å². The molecule has 4 aromatic rings. The van der Waals surface area contributed by atoms with Crippen molar-refractivity contribution in [3.05, 3.63) is 65.9 Å². The summed E-state index contributed by atoms with van der Waals surface area (Å²) in [6, 6.07) is 5.19. The van der Waals surface area contributed by atoms with Gasteiger partial charge in [0.15, 0.2) is 27.2 Å². The average Bonchev–Trinajstić information content (AvgIpc) is 3.30. The van der Waals surface area contributed by atoms with Gasteiger partial charge in [0.2, 0.25) is 5.88 Å². The molecule has 4 rings (SSSR count). The Morgan fingerprint density at radius 1 is 1.00 bits per heavy atom. The molecule has 0 fully saturated rings. The van der Waals surface area contributed by atoms with Crippen molar-refractivity contribution in [3.63, 3.8) is 0 Å². The summed E-state index contributed by atoms with van der Waals surface area (Å²) in [7, 11) is -0.801. The summed E-state index contributed by atoms with van der Waals surface area (Å²) in [6.07, 6.45) is 7.65. The maximum absolute atomic E-state index is 13.6. The number of methoxy groups -OCH3 is 2. The van der Waals surface area contributed by atoms with Crippen molar-refractivity contribution >= 4 is 21.4 Å². The van der Waals surface area contributed by atoms with Gasteiger partial charge in [-0.3, -0.25) is 9.55 Å². The highest BCUT2D eigenvalue weighted by Crippen LogP contribution is 2.35. The zero-order valence-electron chi connectivity index (χ0n) is 20.0. The Labute approximate surface area is 213 Å². The highest BCUT2D eigenvalue weighted by Gasteiger charge is 2.33. The topological polar surface area (TPSA) is 135 Å². The van der Waals surface area contributed by atoms with Gasteiger partial charge in [0.05, 0.1) is 24.5 Å². The molecule has 0 aliphatic rings. The molecule has 0 amide bonds. The first-order valence-electron chi connectivity index (χ1n) is 10.9. The molecule has 0 saturated heterocycles. The van der Waals surface area contributed by atoms with Crippen LogP contribution in [0, 0.1) is 0 Å². The van der Waals surface area contributed by atoms with Crippen LogP contribution in [0.1, 0.15) is 31.4 Å². The van der Waals surface area contributed by atoms with Crippen LogP contribution in [0.5, 0.6) is 11.6 Å². The van der Waals surface area contributed by atoms with Gasteiger partial charge < -0.3 is 9.47 Å². The molecule has 11 nitrogen and oxygen atoms in total. The first kappa shape index (κ1) is 25.5. The molecule has 0 aliphatic heterocycles. The first-order chi connectivity index (χ1) is 17.3. The third-order valence-corrected chi connectivity index (χ3v) is 8.19. The van der Waals surface area contributed by atoms with Crippen molar-refractivity contribution in [2.75, 3.05) is 14.2 Å². The minimum atomic E-state index is -3.76. The van der Waals surface area contributed by atoms with Gasteiger partial charge in [-0.15, -0.1) is 10.2 Å². The number of aromatic nitrogens is 7. The zero-order valence-corrected chi connectivity index (χ0v) is 21.6. The average molecular weight is 530 g/mol. The SMILES string of the molecule is COc1ccnc(OC)c1-n1c(CS(=O)(=O)[C@@H](C)[C@H](C)c2ncc(Cl)cn2)nnc1-c1cccnc1. The van der Waals surface area contributed by atoms with Crippen LogP contribution in [-0.2, 0) is 15.6 Å². The Morgan fingerprint density at radius 2 is 1.75 bits per heavy atom. The number of hydrogen-bond donors (Lipinski definition) is 0. The van der Waals surface area contributed by atoms with E-state index < -0.39 is 26.8 Å². The second-order valence-electron chi connectivity index (χ2n) is 7.95. The van der Waals surface area contributed by atoms with Gasteiger partial charge in [-0.05, 0) is 19.1 Å². The van der Waals surface area contributed by atoms with Crippen LogP contribution in [0.25, 0.3) is 17.1 Å².